The molecule has 0 atom stereocenters. The summed E-state index contributed by atoms with van der Waals surface area (Å²) in [5.74, 6) is -1.17. The van der Waals surface area contributed by atoms with Gasteiger partial charge in [-0.05, 0) is 6.07 Å². The van der Waals surface area contributed by atoms with Gasteiger partial charge >= 0.3 is 5.97 Å². The van der Waals surface area contributed by atoms with Crippen LogP contribution in [0.1, 0.15) is 10.4 Å². The number of rotatable bonds is 2. The van der Waals surface area contributed by atoms with Crippen molar-refractivity contribution in [2.75, 3.05) is 0 Å². The van der Waals surface area contributed by atoms with Crippen molar-refractivity contribution in [1.82, 2.24) is 0 Å². The highest BCUT2D eigenvalue weighted by molar-refractivity contribution is 6.02. The Morgan fingerprint density at radius 2 is 2.20 bits per heavy atom. The molecule has 0 bridgehead atoms. The van der Waals surface area contributed by atoms with Gasteiger partial charge in [0, 0.05) is 17.5 Å². The molecule has 15 heavy (non-hydrogen) atoms. The van der Waals surface area contributed by atoms with Gasteiger partial charge in [0.25, 0.3) is 5.69 Å². The Hall–Kier alpha value is -2.37. The van der Waals surface area contributed by atoms with E-state index < -0.39 is 10.9 Å². The molecule has 2 rings (SSSR count). The first-order chi connectivity index (χ1) is 7.09. The second-order valence-electron chi connectivity index (χ2n) is 2.89. The molecule has 76 valence electrons. The van der Waals surface area contributed by atoms with E-state index >= 15 is 0 Å². The zero-order valence-electron chi connectivity index (χ0n) is 7.34. The van der Waals surface area contributed by atoms with E-state index in [1.54, 1.807) is 0 Å². The lowest BCUT2D eigenvalue weighted by molar-refractivity contribution is -0.384. The van der Waals surface area contributed by atoms with Gasteiger partial charge in [-0.3, -0.25) is 10.1 Å². The average molecular weight is 207 g/mol. The first-order valence-corrected chi connectivity index (χ1v) is 3.98. The smallest absolute Gasteiger partial charge is 0.339 e. The third-order valence-electron chi connectivity index (χ3n) is 2.00. The van der Waals surface area contributed by atoms with E-state index in [9.17, 15) is 14.9 Å². The minimum atomic E-state index is -1.17. The highest BCUT2D eigenvalue weighted by Gasteiger charge is 2.15. The summed E-state index contributed by atoms with van der Waals surface area (Å²) in [6.07, 6.45) is 1.07. The Kier molecular flexibility index (Phi) is 1.89. The molecule has 1 heterocycles. The van der Waals surface area contributed by atoms with E-state index in [2.05, 4.69) is 0 Å². The van der Waals surface area contributed by atoms with Gasteiger partial charge in [0.05, 0.1) is 4.92 Å². The molecule has 0 aliphatic rings. The molecule has 0 amide bonds. The highest BCUT2D eigenvalue weighted by atomic mass is 16.6. The van der Waals surface area contributed by atoms with Gasteiger partial charge in [0.15, 0.2) is 0 Å². The van der Waals surface area contributed by atoms with Crippen molar-refractivity contribution in [3.8, 4) is 0 Å². The Labute approximate surface area is 82.9 Å². The van der Waals surface area contributed by atoms with E-state index in [0.717, 1.165) is 6.26 Å². The number of carboxylic acids is 1. The van der Waals surface area contributed by atoms with Crippen molar-refractivity contribution >= 4 is 22.6 Å². The van der Waals surface area contributed by atoms with E-state index in [0.29, 0.717) is 5.58 Å². The normalized spacial score (nSPS) is 10.4. The maximum Gasteiger partial charge on any atom is 0.339 e. The first-order valence-electron chi connectivity index (χ1n) is 3.98. The molecule has 6 heteroatoms. The maximum absolute atomic E-state index is 10.7. The summed E-state index contributed by atoms with van der Waals surface area (Å²) >= 11 is 0. The highest BCUT2D eigenvalue weighted by Crippen LogP contribution is 2.25. The van der Waals surface area contributed by atoms with Crippen LogP contribution in [-0.2, 0) is 0 Å². The Balaban J connectivity index is 2.72. The summed E-state index contributed by atoms with van der Waals surface area (Å²) in [6.45, 7) is 0. The van der Waals surface area contributed by atoms with Crippen LogP contribution in [0.3, 0.4) is 0 Å². The van der Waals surface area contributed by atoms with Crippen molar-refractivity contribution < 1.29 is 19.2 Å². The van der Waals surface area contributed by atoms with Gasteiger partial charge in [-0.1, -0.05) is 0 Å². The molecule has 0 aliphatic carbocycles. The maximum atomic E-state index is 10.7. The number of carbonyl (C=O) groups is 1. The van der Waals surface area contributed by atoms with Crippen LogP contribution >= 0.6 is 0 Å². The van der Waals surface area contributed by atoms with Crippen LogP contribution in [0.5, 0.6) is 0 Å². The average Bonchev–Trinajstić information content (AvgIpc) is 2.59. The van der Waals surface area contributed by atoms with E-state index in [4.69, 9.17) is 9.52 Å². The van der Waals surface area contributed by atoms with Crippen molar-refractivity contribution in [2.45, 2.75) is 0 Å². The number of nitro groups is 1. The zero-order chi connectivity index (χ0) is 11.0. The predicted octanol–water partition coefficient (Wildman–Crippen LogP) is 2.04. The SMILES string of the molecule is O=C(O)c1coc2ccc([N+](=O)[O-])cc12. The Morgan fingerprint density at radius 1 is 1.47 bits per heavy atom. The first kappa shape index (κ1) is 9.20. The number of benzene rings is 1. The van der Waals surface area contributed by atoms with E-state index in [1.807, 2.05) is 0 Å². The van der Waals surface area contributed by atoms with Crippen molar-refractivity contribution in [3.63, 3.8) is 0 Å². The van der Waals surface area contributed by atoms with Gasteiger partial charge in [0.1, 0.15) is 17.4 Å². The quantitative estimate of drug-likeness (QED) is 0.600. The number of nitrogens with zero attached hydrogens (tertiary/aromatic N) is 1. The monoisotopic (exact) mass is 207 g/mol. The number of furan rings is 1. The largest absolute Gasteiger partial charge is 0.478 e. The number of non-ortho nitro benzene ring substituents is 1. The van der Waals surface area contributed by atoms with Crippen LogP contribution in [0, 0.1) is 10.1 Å². The summed E-state index contributed by atoms with van der Waals surface area (Å²) in [5, 5.41) is 19.5. The molecule has 0 fully saturated rings. The molecule has 0 spiro atoms. The number of hydrogen-bond donors (Lipinski definition) is 1. The van der Waals surface area contributed by atoms with Gasteiger partial charge in [0.2, 0.25) is 0 Å². The second kappa shape index (κ2) is 3.09. The molecule has 0 aliphatic heterocycles. The minimum absolute atomic E-state index is 0.0753. The number of carboxylic acid groups (broad SMARTS) is 1. The lowest BCUT2D eigenvalue weighted by Crippen LogP contribution is -1.94. The van der Waals surface area contributed by atoms with E-state index in [-0.39, 0.29) is 16.6 Å². The Morgan fingerprint density at radius 3 is 2.80 bits per heavy atom. The molecule has 0 unspecified atom stereocenters. The second-order valence-corrected chi connectivity index (χ2v) is 2.89. The van der Waals surface area contributed by atoms with Crippen LogP contribution in [-0.4, -0.2) is 16.0 Å². The fraction of sp³-hybridized carbons (Fsp3) is 0. The van der Waals surface area contributed by atoms with Crippen LogP contribution in [0.15, 0.2) is 28.9 Å². The fourth-order valence-electron chi connectivity index (χ4n) is 1.30. The third-order valence-corrected chi connectivity index (χ3v) is 2.00. The van der Waals surface area contributed by atoms with Gasteiger partial charge in [-0.25, -0.2) is 4.79 Å². The Bertz CT molecular complexity index is 557. The molecule has 0 saturated carbocycles. The van der Waals surface area contributed by atoms with Crippen molar-refractivity contribution in [1.29, 1.82) is 0 Å². The molecule has 1 aromatic heterocycles. The minimum Gasteiger partial charge on any atom is -0.478 e. The van der Waals surface area contributed by atoms with Crippen molar-refractivity contribution in [2.24, 2.45) is 0 Å². The molecule has 0 radical (unpaired) electrons. The molecule has 0 saturated heterocycles. The predicted molar refractivity (Wildman–Crippen MR) is 49.8 cm³/mol. The summed E-state index contributed by atoms with van der Waals surface area (Å²) in [4.78, 5) is 20.6. The van der Waals surface area contributed by atoms with Crippen LogP contribution < -0.4 is 0 Å². The van der Waals surface area contributed by atoms with Crippen molar-refractivity contribution in [3.05, 3.63) is 40.1 Å². The van der Waals surface area contributed by atoms with E-state index in [1.165, 1.54) is 18.2 Å². The number of aromatic carboxylic acids is 1. The third kappa shape index (κ3) is 1.41. The molecular weight excluding hydrogens is 202 g/mol. The molecule has 1 N–H and O–H groups in total. The van der Waals surface area contributed by atoms with Crippen LogP contribution in [0.25, 0.3) is 11.0 Å². The fourth-order valence-corrected chi connectivity index (χ4v) is 1.30. The molecule has 6 nitrogen and oxygen atoms in total. The lowest BCUT2D eigenvalue weighted by atomic mass is 10.1. The summed E-state index contributed by atoms with van der Waals surface area (Å²) < 4.78 is 4.94. The lowest BCUT2D eigenvalue weighted by Gasteiger charge is -1.92. The number of fused-ring (bicyclic) bond motifs is 1. The number of hydrogen-bond acceptors (Lipinski definition) is 4. The van der Waals surface area contributed by atoms with Gasteiger partial charge < -0.3 is 9.52 Å². The van der Waals surface area contributed by atoms with Gasteiger partial charge in [-0.15, -0.1) is 0 Å². The number of nitro benzene ring substituents is 1. The summed E-state index contributed by atoms with van der Waals surface area (Å²) in [7, 11) is 0. The van der Waals surface area contributed by atoms with Gasteiger partial charge in [-0.2, -0.15) is 0 Å². The molecular formula is C9H5NO5. The standard InChI is InChI=1S/C9H5NO5/c11-9(12)7-4-15-8-2-1-5(10(13)14)3-6(7)8/h1-4H,(H,11,12). The van der Waals surface area contributed by atoms with Crippen LogP contribution in [0.4, 0.5) is 5.69 Å². The van der Waals surface area contributed by atoms with Crippen LogP contribution in [0.2, 0.25) is 0 Å². The zero-order valence-corrected chi connectivity index (χ0v) is 7.34. The topological polar surface area (TPSA) is 93.6 Å². The summed E-state index contributed by atoms with van der Waals surface area (Å²) in [6, 6.07) is 3.82. The summed E-state index contributed by atoms with van der Waals surface area (Å²) in [5.41, 5.74) is 0.0816. The molecule has 2 aromatic rings. The molecule has 1 aromatic carbocycles.